The summed E-state index contributed by atoms with van der Waals surface area (Å²) in [6.45, 7) is 10.9. The van der Waals surface area contributed by atoms with Crippen molar-refractivity contribution in [2.45, 2.75) is 58.4 Å². The molecule has 0 radical (unpaired) electrons. The highest BCUT2D eigenvalue weighted by Gasteiger charge is 2.55. The van der Waals surface area contributed by atoms with Gasteiger partial charge in [-0.25, -0.2) is 12.7 Å². The van der Waals surface area contributed by atoms with Crippen molar-refractivity contribution in [2.75, 3.05) is 24.7 Å². The number of phenols is 1. The van der Waals surface area contributed by atoms with E-state index in [1.54, 1.807) is 0 Å². The molecule has 182 valence electrons. The van der Waals surface area contributed by atoms with Crippen LogP contribution in [0.1, 0.15) is 47.5 Å². The third-order valence-electron chi connectivity index (χ3n) is 8.11. The normalized spacial score (nSPS) is 25.0. The molecule has 0 aromatic heterocycles. The van der Waals surface area contributed by atoms with Crippen LogP contribution in [-0.2, 0) is 10.0 Å². The molecule has 0 amide bonds. The van der Waals surface area contributed by atoms with Crippen LogP contribution in [0.3, 0.4) is 0 Å². The topological polar surface area (TPSA) is 116 Å². The summed E-state index contributed by atoms with van der Waals surface area (Å²) in [4.78, 5) is 24.4. The second kappa shape index (κ2) is 8.29. The van der Waals surface area contributed by atoms with Gasteiger partial charge in [0.2, 0.25) is 10.0 Å². The van der Waals surface area contributed by atoms with Crippen molar-refractivity contribution in [3.63, 3.8) is 0 Å². The van der Waals surface area contributed by atoms with E-state index in [1.165, 1.54) is 26.2 Å². The number of hydrogen-bond acceptors (Lipinski definition) is 7. The molecule has 0 heterocycles. The maximum absolute atomic E-state index is 12.6. The van der Waals surface area contributed by atoms with E-state index in [4.69, 9.17) is 11.6 Å². The highest BCUT2D eigenvalue weighted by Crippen LogP contribution is 2.58. The standard InChI is InChI=1S/C23H32ClN3O5S/c1-8-23(5)15(11-12(2)22(23,3)4)26-17-16(19(29)20(17)30)25-14-10-9-13(24)21(18(14)28)33(31,32)27(6)7/h9-10,12,15,25-26,28H,8,11H2,1-7H3. The number of anilines is 3. The van der Waals surface area contributed by atoms with E-state index in [0.717, 1.165) is 17.1 Å². The maximum atomic E-state index is 12.6. The number of benzene rings is 1. The summed E-state index contributed by atoms with van der Waals surface area (Å²) in [5.74, 6) is -0.217. The van der Waals surface area contributed by atoms with E-state index in [1.807, 2.05) is 0 Å². The predicted molar refractivity (Wildman–Crippen MR) is 132 cm³/mol. The fourth-order valence-electron chi connectivity index (χ4n) is 4.87. The Kier molecular flexibility index (Phi) is 6.41. The molecular weight excluding hydrogens is 466 g/mol. The Morgan fingerprint density at radius 2 is 1.73 bits per heavy atom. The molecule has 2 aromatic carbocycles. The van der Waals surface area contributed by atoms with Gasteiger partial charge in [0, 0.05) is 20.1 Å². The molecule has 1 fully saturated rings. The zero-order valence-corrected chi connectivity index (χ0v) is 21.6. The van der Waals surface area contributed by atoms with Gasteiger partial charge in [-0.05, 0) is 41.7 Å². The largest absolute Gasteiger partial charge is 0.504 e. The van der Waals surface area contributed by atoms with Crippen molar-refractivity contribution in [3.8, 4) is 5.75 Å². The van der Waals surface area contributed by atoms with E-state index in [0.29, 0.717) is 5.92 Å². The minimum absolute atomic E-state index is 0.00151. The van der Waals surface area contributed by atoms with Crippen LogP contribution in [0.5, 0.6) is 5.75 Å². The summed E-state index contributed by atoms with van der Waals surface area (Å²) in [5.41, 5.74) is -1.33. The van der Waals surface area contributed by atoms with Crippen molar-refractivity contribution in [3.05, 3.63) is 37.6 Å². The third-order valence-corrected chi connectivity index (χ3v) is 10.4. The fraction of sp³-hybridized carbons (Fsp3) is 0.565. The van der Waals surface area contributed by atoms with Crippen molar-refractivity contribution >= 4 is 38.7 Å². The van der Waals surface area contributed by atoms with Crippen LogP contribution in [0.15, 0.2) is 26.6 Å². The Morgan fingerprint density at radius 3 is 2.27 bits per heavy atom. The zero-order valence-electron chi connectivity index (χ0n) is 20.0. The monoisotopic (exact) mass is 497 g/mol. The Hall–Kier alpha value is -2.10. The quantitative estimate of drug-likeness (QED) is 0.392. The van der Waals surface area contributed by atoms with Gasteiger partial charge in [0.05, 0.1) is 10.7 Å². The van der Waals surface area contributed by atoms with Gasteiger partial charge in [0.25, 0.3) is 10.9 Å². The first-order valence-corrected chi connectivity index (χ1v) is 12.7. The molecular formula is C23H32ClN3O5S. The maximum Gasteiger partial charge on any atom is 0.253 e. The number of phenolic OH excluding ortho intramolecular Hbond substituents is 1. The van der Waals surface area contributed by atoms with Gasteiger partial charge in [0.1, 0.15) is 16.3 Å². The average molecular weight is 498 g/mol. The van der Waals surface area contributed by atoms with E-state index >= 15 is 0 Å². The van der Waals surface area contributed by atoms with Crippen LogP contribution in [-0.4, -0.2) is 38.0 Å². The summed E-state index contributed by atoms with van der Waals surface area (Å²) < 4.78 is 26.1. The van der Waals surface area contributed by atoms with Crippen molar-refractivity contribution in [1.82, 2.24) is 4.31 Å². The number of sulfonamides is 1. The molecule has 8 nitrogen and oxygen atoms in total. The first-order chi connectivity index (χ1) is 15.1. The van der Waals surface area contributed by atoms with Gasteiger partial charge >= 0.3 is 0 Å². The Labute approximate surface area is 199 Å². The number of rotatable bonds is 7. The predicted octanol–water partition coefficient (Wildman–Crippen LogP) is 3.90. The lowest BCUT2D eigenvalue weighted by atomic mass is 9.63. The van der Waals surface area contributed by atoms with Gasteiger partial charge in [-0.15, -0.1) is 0 Å². The lowest BCUT2D eigenvalue weighted by Gasteiger charge is -2.44. The first-order valence-electron chi connectivity index (χ1n) is 10.9. The van der Waals surface area contributed by atoms with Crippen LogP contribution >= 0.6 is 11.6 Å². The first kappa shape index (κ1) is 25.5. The summed E-state index contributed by atoms with van der Waals surface area (Å²) in [6.07, 6.45) is 1.73. The molecule has 1 aliphatic rings. The zero-order chi connectivity index (χ0) is 25.1. The molecule has 1 aliphatic carbocycles. The van der Waals surface area contributed by atoms with Gasteiger partial charge in [-0.2, -0.15) is 0 Å². The molecule has 0 bridgehead atoms. The Bertz CT molecular complexity index is 1260. The average Bonchev–Trinajstić information content (AvgIpc) is 2.91. The molecule has 0 saturated heterocycles. The summed E-state index contributed by atoms with van der Waals surface area (Å²) >= 11 is 6.06. The van der Waals surface area contributed by atoms with Crippen LogP contribution in [0.25, 0.3) is 0 Å². The molecule has 0 aliphatic heterocycles. The summed E-state index contributed by atoms with van der Waals surface area (Å²) in [6, 6.07) is 2.65. The second-order valence-corrected chi connectivity index (χ2v) is 12.4. The van der Waals surface area contributed by atoms with E-state index < -0.39 is 31.5 Å². The lowest BCUT2D eigenvalue weighted by Crippen LogP contribution is -2.45. The number of nitrogens with one attached hydrogen (secondary N) is 2. The lowest BCUT2D eigenvalue weighted by molar-refractivity contribution is 0.0845. The fourth-order valence-corrected chi connectivity index (χ4v) is 6.35. The number of hydrogen-bond donors (Lipinski definition) is 3. The van der Waals surface area contributed by atoms with Crippen LogP contribution in [0.2, 0.25) is 5.02 Å². The van der Waals surface area contributed by atoms with E-state index in [2.05, 4.69) is 45.3 Å². The molecule has 3 N–H and O–H groups in total. The minimum atomic E-state index is -4.05. The molecule has 3 rings (SSSR count). The molecule has 1 saturated carbocycles. The Balaban J connectivity index is 2.00. The molecule has 10 heteroatoms. The number of nitrogens with zero attached hydrogens (tertiary/aromatic N) is 1. The van der Waals surface area contributed by atoms with E-state index in [9.17, 15) is 23.1 Å². The summed E-state index contributed by atoms with van der Waals surface area (Å²) in [7, 11) is -1.42. The SMILES string of the molecule is CCC1(C)C(Nc2c(Nc3ccc(Cl)c(S(=O)(=O)N(C)C)c3O)c(=O)c2=O)CC(C)C1(C)C. The highest BCUT2D eigenvalue weighted by atomic mass is 35.5. The van der Waals surface area contributed by atoms with Crippen molar-refractivity contribution < 1.29 is 13.5 Å². The van der Waals surface area contributed by atoms with Gasteiger partial charge in [-0.1, -0.05) is 46.2 Å². The van der Waals surface area contributed by atoms with Gasteiger partial charge in [-0.3, -0.25) is 9.59 Å². The highest BCUT2D eigenvalue weighted by molar-refractivity contribution is 7.89. The summed E-state index contributed by atoms with van der Waals surface area (Å²) in [5, 5.41) is 16.6. The molecule has 0 spiro atoms. The Morgan fingerprint density at radius 1 is 1.15 bits per heavy atom. The van der Waals surface area contributed by atoms with Crippen LogP contribution in [0, 0.1) is 16.7 Å². The van der Waals surface area contributed by atoms with E-state index in [-0.39, 0.29) is 39.0 Å². The van der Waals surface area contributed by atoms with Crippen molar-refractivity contribution in [1.29, 1.82) is 0 Å². The van der Waals surface area contributed by atoms with Gasteiger partial charge < -0.3 is 15.7 Å². The number of halogens is 1. The minimum Gasteiger partial charge on any atom is -0.504 e. The molecule has 33 heavy (non-hydrogen) atoms. The number of aromatic hydroxyl groups is 1. The van der Waals surface area contributed by atoms with Crippen LogP contribution in [0.4, 0.5) is 17.1 Å². The molecule has 2 aromatic rings. The molecule has 3 atom stereocenters. The second-order valence-electron chi connectivity index (χ2n) is 9.92. The third kappa shape index (κ3) is 3.74. The van der Waals surface area contributed by atoms with Crippen molar-refractivity contribution in [2.24, 2.45) is 16.7 Å². The van der Waals surface area contributed by atoms with Crippen LogP contribution < -0.4 is 21.5 Å². The van der Waals surface area contributed by atoms with Gasteiger partial charge in [0.15, 0.2) is 5.75 Å². The molecule has 3 unspecified atom stereocenters. The smallest absolute Gasteiger partial charge is 0.253 e.